The second-order valence-electron chi connectivity index (χ2n) is 6.03. The molecular weight excluding hydrogens is 290 g/mol. The first-order valence-electron chi connectivity index (χ1n) is 7.93. The Labute approximate surface area is 136 Å². The van der Waals surface area contributed by atoms with Crippen LogP contribution >= 0.6 is 0 Å². The number of aryl methyl sites for hydroxylation is 1. The molecule has 3 rings (SSSR count). The first kappa shape index (κ1) is 15.5. The number of hydrogen-bond donors (Lipinski definition) is 1. The maximum absolute atomic E-state index is 4.54. The fraction of sp³-hybridized carbons (Fsp3) is 0.500. The third kappa shape index (κ3) is 3.67. The monoisotopic (exact) mass is 313 g/mol. The summed E-state index contributed by atoms with van der Waals surface area (Å²) in [6.07, 6.45) is 7.53. The topological polar surface area (TPSA) is 70.1 Å². The van der Waals surface area contributed by atoms with E-state index in [0.717, 1.165) is 43.3 Å². The Hall–Kier alpha value is -2.44. The maximum Gasteiger partial charge on any atom is 0.226 e. The van der Waals surface area contributed by atoms with E-state index in [4.69, 9.17) is 0 Å². The van der Waals surface area contributed by atoms with Crippen molar-refractivity contribution in [2.75, 3.05) is 42.3 Å². The Morgan fingerprint density at radius 1 is 1.17 bits per heavy atom. The minimum Gasteiger partial charge on any atom is -0.365 e. The van der Waals surface area contributed by atoms with E-state index in [9.17, 15) is 0 Å². The lowest BCUT2D eigenvalue weighted by molar-refractivity contribution is 0.524. The smallest absolute Gasteiger partial charge is 0.226 e. The van der Waals surface area contributed by atoms with Crippen LogP contribution in [0.4, 0.5) is 17.6 Å². The van der Waals surface area contributed by atoms with Gasteiger partial charge in [-0.25, -0.2) is 9.97 Å². The van der Waals surface area contributed by atoms with E-state index in [1.54, 1.807) is 18.6 Å². The van der Waals surface area contributed by atoms with Crippen molar-refractivity contribution in [3.05, 3.63) is 30.4 Å². The molecule has 1 aliphatic rings. The summed E-state index contributed by atoms with van der Waals surface area (Å²) in [4.78, 5) is 21.8. The van der Waals surface area contributed by atoms with Gasteiger partial charge in [0.2, 0.25) is 5.95 Å². The normalized spacial score (nSPS) is 17.9. The van der Waals surface area contributed by atoms with Gasteiger partial charge in [-0.15, -0.1) is 0 Å². The molecule has 1 atom stereocenters. The van der Waals surface area contributed by atoms with E-state index in [2.05, 4.69) is 30.2 Å². The van der Waals surface area contributed by atoms with Gasteiger partial charge in [0.25, 0.3) is 0 Å². The molecule has 0 aliphatic carbocycles. The number of nitrogens with one attached hydrogen (secondary N) is 1. The van der Waals surface area contributed by atoms with Gasteiger partial charge in [0.05, 0.1) is 5.69 Å². The summed E-state index contributed by atoms with van der Waals surface area (Å²) in [5, 5.41) is 3.53. The lowest BCUT2D eigenvalue weighted by atomic mass is 10.1. The zero-order chi connectivity index (χ0) is 16.2. The standard InChI is InChI=1S/C16H23N7/c1-12-15(18-9-8-17-12)23-10-4-5-13(11-23)20-14-6-7-19-16(21-14)22(2)3/h6-9,13H,4-5,10-11H2,1-3H3,(H,19,20,21). The SMILES string of the molecule is Cc1nccnc1N1CCCC(Nc2ccnc(N(C)C)n2)C1. The van der Waals surface area contributed by atoms with Crippen molar-refractivity contribution in [1.29, 1.82) is 0 Å². The lowest BCUT2D eigenvalue weighted by Crippen LogP contribution is -2.43. The van der Waals surface area contributed by atoms with Gasteiger partial charge in [-0.3, -0.25) is 4.98 Å². The fourth-order valence-corrected chi connectivity index (χ4v) is 2.85. The highest BCUT2D eigenvalue weighted by Gasteiger charge is 2.22. The van der Waals surface area contributed by atoms with Gasteiger partial charge in [0, 0.05) is 51.8 Å². The summed E-state index contributed by atoms with van der Waals surface area (Å²) in [5.74, 6) is 2.56. The molecule has 1 aliphatic heterocycles. The molecule has 0 spiro atoms. The summed E-state index contributed by atoms with van der Waals surface area (Å²) in [6, 6.07) is 2.26. The molecule has 7 nitrogen and oxygen atoms in total. The summed E-state index contributed by atoms with van der Waals surface area (Å²) < 4.78 is 0. The number of aromatic nitrogens is 4. The van der Waals surface area contributed by atoms with Gasteiger partial charge in [0.15, 0.2) is 0 Å². The fourth-order valence-electron chi connectivity index (χ4n) is 2.85. The highest BCUT2D eigenvalue weighted by atomic mass is 15.3. The van der Waals surface area contributed by atoms with Crippen LogP contribution < -0.4 is 15.1 Å². The summed E-state index contributed by atoms with van der Waals surface area (Å²) >= 11 is 0. The van der Waals surface area contributed by atoms with E-state index in [1.165, 1.54) is 0 Å². The molecule has 0 aromatic carbocycles. The Balaban J connectivity index is 1.70. The molecule has 1 unspecified atom stereocenters. The number of nitrogens with zero attached hydrogens (tertiary/aromatic N) is 6. The lowest BCUT2D eigenvalue weighted by Gasteiger charge is -2.34. The van der Waals surface area contributed by atoms with Crippen molar-refractivity contribution in [2.24, 2.45) is 0 Å². The van der Waals surface area contributed by atoms with Crippen LogP contribution in [-0.4, -0.2) is 53.2 Å². The minimum atomic E-state index is 0.343. The molecule has 1 saturated heterocycles. The van der Waals surface area contributed by atoms with Gasteiger partial charge in [0.1, 0.15) is 11.6 Å². The first-order chi connectivity index (χ1) is 11.1. The molecule has 23 heavy (non-hydrogen) atoms. The van der Waals surface area contributed by atoms with E-state index < -0.39 is 0 Å². The van der Waals surface area contributed by atoms with Crippen LogP contribution in [0.2, 0.25) is 0 Å². The van der Waals surface area contributed by atoms with Gasteiger partial charge in [-0.1, -0.05) is 0 Å². The quantitative estimate of drug-likeness (QED) is 0.921. The molecule has 0 saturated carbocycles. The molecule has 1 fully saturated rings. The second-order valence-corrected chi connectivity index (χ2v) is 6.03. The van der Waals surface area contributed by atoms with Crippen LogP contribution in [0.3, 0.4) is 0 Å². The van der Waals surface area contributed by atoms with E-state index in [0.29, 0.717) is 12.0 Å². The van der Waals surface area contributed by atoms with Crippen LogP contribution in [0.25, 0.3) is 0 Å². The van der Waals surface area contributed by atoms with Crippen LogP contribution in [0, 0.1) is 6.92 Å². The Morgan fingerprint density at radius 3 is 2.78 bits per heavy atom. The zero-order valence-corrected chi connectivity index (χ0v) is 13.9. The summed E-state index contributed by atoms with van der Waals surface area (Å²) in [6.45, 7) is 3.93. The first-order valence-corrected chi connectivity index (χ1v) is 7.93. The molecule has 0 radical (unpaired) electrons. The number of rotatable bonds is 4. The molecule has 7 heteroatoms. The highest BCUT2D eigenvalue weighted by Crippen LogP contribution is 2.21. The second kappa shape index (κ2) is 6.76. The molecule has 2 aromatic rings. The number of anilines is 3. The molecular formula is C16H23N7. The Bertz CT molecular complexity index is 658. The summed E-state index contributed by atoms with van der Waals surface area (Å²) in [5.41, 5.74) is 0.977. The third-order valence-electron chi connectivity index (χ3n) is 3.97. The van der Waals surface area contributed by atoms with Gasteiger partial charge < -0.3 is 15.1 Å². The Kier molecular flexibility index (Phi) is 4.55. The highest BCUT2D eigenvalue weighted by molar-refractivity contribution is 5.45. The largest absolute Gasteiger partial charge is 0.365 e. The zero-order valence-electron chi connectivity index (χ0n) is 13.9. The van der Waals surface area contributed by atoms with Gasteiger partial charge in [-0.2, -0.15) is 4.98 Å². The van der Waals surface area contributed by atoms with Gasteiger partial charge in [-0.05, 0) is 25.8 Å². The van der Waals surface area contributed by atoms with Crippen molar-refractivity contribution in [3.8, 4) is 0 Å². The molecule has 122 valence electrons. The minimum absolute atomic E-state index is 0.343. The van der Waals surface area contributed by atoms with Crippen molar-refractivity contribution in [2.45, 2.75) is 25.8 Å². The van der Waals surface area contributed by atoms with Crippen LogP contribution in [0.1, 0.15) is 18.5 Å². The predicted molar refractivity (Wildman–Crippen MR) is 92.0 cm³/mol. The van der Waals surface area contributed by atoms with Crippen molar-refractivity contribution in [3.63, 3.8) is 0 Å². The predicted octanol–water partition coefficient (Wildman–Crippen LogP) is 1.72. The molecule has 1 N–H and O–H groups in total. The average Bonchev–Trinajstić information content (AvgIpc) is 2.56. The van der Waals surface area contributed by atoms with E-state index in [-0.39, 0.29) is 0 Å². The Morgan fingerprint density at radius 2 is 2.00 bits per heavy atom. The van der Waals surface area contributed by atoms with E-state index in [1.807, 2.05) is 32.0 Å². The van der Waals surface area contributed by atoms with E-state index >= 15 is 0 Å². The van der Waals surface area contributed by atoms with Crippen LogP contribution in [-0.2, 0) is 0 Å². The van der Waals surface area contributed by atoms with Crippen LogP contribution in [0.15, 0.2) is 24.7 Å². The maximum atomic E-state index is 4.54. The van der Waals surface area contributed by atoms with Crippen molar-refractivity contribution < 1.29 is 0 Å². The molecule has 3 heterocycles. The third-order valence-corrected chi connectivity index (χ3v) is 3.97. The van der Waals surface area contributed by atoms with Gasteiger partial charge >= 0.3 is 0 Å². The van der Waals surface area contributed by atoms with Crippen molar-refractivity contribution in [1.82, 2.24) is 19.9 Å². The molecule has 0 bridgehead atoms. The number of piperidine rings is 1. The van der Waals surface area contributed by atoms with Crippen molar-refractivity contribution >= 4 is 17.6 Å². The summed E-state index contributed by atoms with van der Waals surface area (Å²) in [7, 11) is 3.89. The molecule has 2 aromatic heterocycles. The molecule has 0 amide bonds. The average molecular weight is 313 g/mol. The number of hydrogen-bond acceptors (Lipinski definition) is 7. The van der Waals surface area contributed by atoms with Crippen LogP contribution in [0.5, 0.6) is 0 Å².